The van der Waals surface area contributed by atoms with Gasteiger partial charge in [0, 0.05) is 15.8 Å². The van der Waals surface area contributed by atoms with Crippen LogP contribution >= 0.6 is 15.9 Å². The summed E-state index contributed by atoms with van der Waals surface area (Å²) in [5.74, 6) is 0.820. The van der Waals surface area contributed by atoms with Crippen molar-refractivity contribution in [2.24, 2.45) is 0 Å². The van der Waals surface area contributed by atoms with Gasteiger partial charge in [0.15, 0.2) is 0 Å². The lowest BCUT2D eigenvalue weighted by Crippen LogP contribution is -1.88. The lowest BCUT2D eigenvalue weighted by atomic mass is 10.1. The van der Waals surface area contributed by atoms with E-state index in [2.05, 4.69) is 20.9 Å². The number of hydrogen-bond donors (Lipinski definition) is 1. The van der Waals surface area contributed by atoms with Crippen LogP contribution in [0.25, 0.3) is 10.9 Å². The zero-order valence-electron chi connectivity index (χ0n) is 8.07. The van der Waals surface area contributed by atoms with E-state index in [1.165, 1.54) is 0 Å². The van der Waals surface area contributed by atoms with Gasteiger partial charge in [0.25, 0.3) is 0 Å². The van der Waals surface area contributed by atoms with Crippen molar-refractivity contribution in [1.82, 2.24) is 4.98 Å². The number of aromatic hydroxyl groups is 1. The fourth-order valence-electron chi connectivity index (χ4n) is 1.80. The maximum absolute atomic E-state index is 9.81. The Morgan fingerprint density at radius 1 is 1.27 bits per heavy atom. The first-order chi connectivity index (χ1) is 7.24. The van der Waals surface area contributed by atoms with Gasteiger partial charge in [-0.05, 0) is 31.0 Å². The Balaban J connectivity index is 2.25. The van der Waals surface area contributed by atoms with Crippen molar-refractivity contribution in [3.63, 3.8) is 0 Å². The van der Waals surface area contributed by atoms with Crippen LogP contribution in [0.3, 0.4) is 0 Å². The largest absolute Gasteiger partial charge is 0.506 e. The van der Waals surface area contributed by atoms with Gasteiger partial charge in [-0.2, -0.15) is 0 Å². The second-order valence-electron chi connectivity index (χ2n) is 4.00. The minimum Gasteiger partial charge on any atom is -0.506 e. The molecule has 0 aliphatic heterocycles. The van der Waals surface area contributed by atoms with Crippen LogP contribution in [0.1, 0.15) is 24.5 Å². The molecule has 2 nitrogen and oxygen atoms in total. The molecule has 76 valence electrons. The molecule has 1 heterocycles. The molecule has 15 heavy (non-hydrogen) atoms. The Labute approximate surface area is 96.1 Å². The van der Waals surface area contributed by atoms with Gasteiger partial charge in [-0.15, -0.1) is 0 Å². The predicted molar refractivity (Wildman–Crippen MR) is 63.1 cm³/mol. The quantitative estimate of drug-likeness (QED) is 0.853. The third-order valence-electron chi connectivity index (χ3n) is 2.75. The highest BCUT2D eigenvalue weighted by atomic mass is 79.9. The molecule has 0 radical (unpaired) electrons. The number of pyridine rings is 1. The van der Waals surface area contributed by atoms with E-state index >= 15 is 0 Å². The molecule has 1 N–H and O–H groups in total. The van der Waals surface area contributed by atoms with E-state index in [0.717, 1.165) is 33.9 Å². The van der Waals surface area contributed by atoms with Crippen LogP contribution in [0.5, 0.6) is 5.75 Å². The molecule has 0 amide bonds. The second-order valence-corrected chi connectivity index (χ2v) is 4.92. The van der Waals surface area contributed by atoms with Gasteiger partial charge in [0.05, 0.1) is 11.2 Å². The molecule has 0 saturated heterocycles. The fourth-order valence-corrected chi connectivity index (χ4v) is 2.15. The number of aromatic nitrogens is 1. The van der Waals surface area contributed by atoms with Crippen molar-refractivity contribution in [2.45, 2.75) is 18.8 Å². The molecule has 1 aliphatic carbocycles. The van der Waals surface area contributed by atoms with Gasteiger partial charge in [0.2, 0.25) is 0 Å². The lowest BCUT2D eigenvalue weighted by Gasteiger charge is -2.04. The van der Waals surface area contributed by atoms with Gasteiger partial charge in [0.1, 0.15) is 5.75 Å². The monoisotopic (exact) mass is 263 g/mol. The van der Waals surface area contributed by atoms with E-state index in [1.54, 1.807) is 0 Å². The average molecular weight is 264 g/mol. The van der Waals surface area contributed by atoms with Crippen LogP contribution in [0.2, 0.25) is 0 Å². The highest BCUT2D eigenvalue weighted by Crippen LogP contribution is 2.43. The third-order valence-corrected chi connectivity index (χ3v) is 3.25. The summed E-state index contributed by atoms with van der Waals surface area (Å²) in [5, 5.41) is 10.8. The maximum atomic E-state index is 9.81. The molecule has 1 aromatic carbocycles. The minimum absolute atomic E-state index is 0.340. The number of nitrogens with zero attached hydrogens (tertiary/aromatic N) is 1. The molecular weight excluding hydrogens is 254 g/mol. The Hall–Kier alpha value is -1.09. The van der Waals surface area contributed by atoms with Crippen LogP contribution in [0.4, 0.5) is 0 Å². The zero-order chi connectivity index (χ0) is 10.4. The summed E-state index contributed by atoms with van der Waals surface area (Å²) < 4.78 is 1.02. The van der Waals surface area contributed by atoms with E-state index in [4.69, 9.17) is 0 Å². The first-order valence-corrected chi connectivity index (χ1v) is 5.82. The first-order valence-electron chi connectivity index (χ1n) is 5.03. The Kier molecular flexibility index (Phi) is 1.96. The van der Waals surface area contributed by atoms with Crippen LogP contribution in [0.15, 0.2) is 28.7 Å². The summed E-state index contributed by atoms with van der Waals surface area (Å²) in [5.41, 5.74) is 1.81. The third kappa shape index (κ3) is 1.61. The van der Waals surface area contributed by atoms with Crippen molar-refractivity contribution < 1.29 is 5.11 Å². The molecule has 2 aromatic rings. The van der Waals surface area contributed by atoms with E-state index in [0.29, 0.717) is 11.7 Å². The summed E-state index contributed by atoms with van der Waals surface area (Å²) in [7, 11) is 0. The molecule has 1 fully saturated rings. The van der Waals surface area contributed by atoms with Crippen LogP contribution in [-0.2, 0) is 0 Å². The molecule has 3 rings (SSSR count). The van der Waals surface area contributed by atoms with Crippen LogP contribution in [-0.4, -0.2) is 10.1 Å². The van der Waals surface area contributed by atoms with Crippen molar-refractivity contribution in [1.29, 1.82) is 0 Å². The summed E-state index contributed by atoms with van der Waals surface area (Å²) in [4.78, 5) is 4.52. The minimum atomic E-state index is 0.340. The molecule has 1 saturated carbocycles. The van der Waals surface area contributed by atoms with Crippen molar-refractivity contribution in [2.75, 3.05) is 0 Å². The number of fused-ring (bicyclic) bond motifs is 1. The Bertz CT molecular complexity index is 534. The van der Waals surface area contributed by atoms with E-state index in [9.17, 15) is 5.11 Å². The highest BCUT2D eigenvalue weighted by molar-refractivity contribution is 9.10. The Morgan fingerprint density at radius 3 is 2.80 bits per heavy atom. The van der Waals surface area contributed by atoms with E-state index in [1.807, 2.05) is 24.3 Å². The van der Waals surface area contributed by atoms with Crippen LogP contribution < -0.4 is 0 Å². The first kappa shape index (κ1) is 9.16. The summed E-state index contributed by atoms with van der Waals surface area (Å²) in [6.07, 6.45) is 2.31. The van der Waals surface area contributed by atoms with E-state index < -0.39 is 0 Å². The van der Waals surface area contributed by atoms with Gasteiger partial charge < -0.3 is 5.11 Å². The van der Waals surface area contributed by atoms with Gasteiger partial charge >= 0.3 is 0 Å². The predicted octanol–water partition coefficient (Wildman–Crippen LogP) is 3.58. The maximum Gasteiger partial charge on any atom is 0.138 e. The topological polar surface area (TPSA) is 33.1 Å². The summed E-state index contributed by atoms with van der Waals surface area (Å²) in [6.45, 7) is 0. The van der Waals surface area contributed by atoms with Gasteiger partial charge in [-0.1, -0.05) is 22.0 Å². The van der Waals surface area contributed by atoms with Crippen LogP contribution in [0, 0.1) is 0 Å². The molecule has 0 atom stereocenters. The summed E-state index contributed by atoms with van der Waals surface area (Å²) >= 11 is 3.43. The average Bonchev–Trinajstić information content (AvgIpc) is 3.01. The molecule has 0 bridgehead atoms. The number of halogens is 1. The summed E-state index contributed by atoms with van der Waals surface area (Å²) in [6, 6.07) is 7.71. The molecule has 1 aliphatic rings. The molecule has 0 unspecified atom stereocenters. The number of hydrogen-bond acceptors (Lipinski definition) is 2. The second kappa shape index (κ2) is 3.20. The standard InChI is InChI=1S/C12H10BrNO/c13-9-4-3-8-5-11(15)12(7-1-2-7)14-10(8)6-9/h3-7,15H,1-2H2. The fraction of sp³-hybridized carbons (Fsp3) is 0.250. The molecule has 0 spiro atoms. The number of rotatable bonds is 1. The molecule has 3 heteroatoms. The number of benzene rings is 1. The smallest absolute Gasteiger partial charge is 0.138 e. The molecular formula is C12H10BrNO. The zero-order valence-corrected chi connectivity index (χ0v) is 9.66. The van der Waals surface area contributed by atoms with Gasteiger partial charge in [-0.25, -0.2) is 4.98 Å². The highest BCUT2D eigenvalue weighted by Gasteiger charge is 2.28. The van der Waals surface area contributed by atoms with Crippen molar-refractivity contribution >= 4 is 26.8 Å². The lowest BCUT2D eigenvalue weighted by molar-refractivity contribution is 0.465. The van der Waals surface area contributed by atoms with E-state index in [-0.39, 0.29) is 0 Å². The SMILES string of the molecule is Oc1cc2ccc(Br)cc2nc1C1CC1. The van der Waals surface area contributed by atoms with Crippen molar-refractivity contribution in [3.8, 4) is 5.75 Å². The van der Waals surface area contributed by atoms with Gasteiger partial charge in [-0.3, -0.25) is 0 Å². The Morgan fingerprint density at radius 2 is 2.07 bits per heavy atom. The molecule has 1 aromatic heterocycles. The normalized spacial score (nSPS) is 15.8. The van der Waals surface area contributed by atoms with Crippen molar-refractivity contribution in [3.05, 3.63) is 34.4 Å².